The third-order valence-corrected chi connectivity index (χ3v) is 5.10. The monoisotopic (exact) mass is 378 g/mol. The van der Waals surface area contributed by atoms with Gasteiger partial charge >= 0.3 is 0 Å². The fourth-order valence-corrected chi connectivity index (χ4v) is 4.06. The smallest absolute Gasteiger partial charge is 0.230 e. The molecular weight excluding hydrogens is 356 g/mol. The zero-order valence-corrected chi connectivity index (χ0v) is 15.3. The highest BCUT2D eigenvalue weighted by Gasteiger charge is 2.29. The van der Waals surface area contributed by atoms with Crippen LogP contribution in [-0.4, -0.2) is 67.7 Å². The van der Waals surface area contributed by atoms with Crippen LogP contribution < -0.4 is 4.74 Å². The number of fused-ring (bicyclic) bond motifs is 1. The highest BCUT2D eigenvalue weighted by atomic mass is 32.1. The molecule has 0 aliphatic rings. The molecule has 0 amide bonds. The first kappa shape index (κ1) is 18.6. The van der Waals surface area contributed by atoms with E-state index in [9.17, 15) is 15.3 Å². The summed E-state index contributed by atoms with van der Waals surface area (Å²) in [6, 6.07) is 7.23. The molecule has 8 nitrogen and oxygen atoms in total. The van der Waals surface area contributed by atoms with Gasteiger partial charge in [0.25, 0.3) is 0 Å². The predicted octanol–water partition coefficient (Wildman–Crippen LogP) is 1.27. The minimum atomic E-state index is -0.372. The van der Waals surface area contributed by atoms with Gasteiger partial charge in [-0.1, -0.05) is 23.5 Å². The molecule has 26 heavy (non-hydrogen) atoms. The Morgan fingerprint density at radius 2 is 2.04 bits per heavy atom. The molecule has 0 aliphatic heterocycles. The highest BCUT2D eigenvalue weighted by Crippen LogP contribution is 2.40. The summed E-state index contributed by atoms with van der Waals surface area (Å²) in [4.78, 5) is 7.28. The number of rotatable bonds is 9. The SMILES string of the molecule is CCOc1cccc(C(c2sc3ncnn3c2O)N(CCO)CCO)c1. The summed E-state index contributed by atoms with van der Waals surface area (Å²) >= 11 is 1.33. The van der Waals surface area contributed by atoms with E-state index in [1.54, 1.807) is 0 Å². The second-order valence-electron chi connectivity index (χ2n) is 5.64. The molecule has 3 N–H and O–H groups in total. The molecule has 0 spiro atoms. The molecule has 2 aromatic heterocycles. The molecule has 0 bridgehead atoms. The summed E-state index contributed by atoms with van der Waals surface area (Å²) in [6.45, 7) is 3.02. The summed E-state index contributed by atoms with van der Waals surface area (Å²) in [5, 5.41) is 33.6. The van der Waals surface area contributed by atoms with Crippen molar-refractivity contribution >= 4 is 16.3 Å². The molecule has 0 aliphatic carbocycles. The summed E-state index contributed by atoms with van der Waals surface area (Å²) in [5.41, 5.74) is 0.887. The first-order valence-electron chi connectivity index (χ1n) is 8.39. The van der Waals surface area contributed by atoms with E-state index in [0.29, 0.717) is 29.5 Å². The van der Waals surface area contributed by atoms with Crippen LogP contribution in [0.4, 0.5) is 0 Å². The highest BCUT2D eigenvalue weighted by molar-refractivity contribution is 7.17. The maximum absolute atomic E-state index is 10.7. The lowest BCUT2D eigenvalue weighted by Gasteiger charge is -2.30. The van der Waals surface area contributed by atoms with Crippen LogP contribution in [0.25, 0.3) is 4.96 Å². The number of aliphatic hydroxyl groups excluding tert-OH is 2. The Labute approximate surface area is 154 Å². The van der Waals surface area contributed by atoms with Gasteiger partial charge in [0.05, 0.1) is 30.7 Å². The fourth-order valence-electron chi connectivity index (χ4n) is 2.97. The van der Waals surface area contributed by atoms with E-state index in [0.717, 1.165) is 11.3 Å². The van der Waals surface area contributed by atoms with E-state index in [1.165, 1.54) is 22.2 Å². The molecule has 0 fully saturated rings. The molecule has 3 rings (SSSR count). The van der Waals surface area contributed by atoms with Gasteiger partial charge in [0.1, 0.15) is 12.1 Å². The Bertz CT molecular complexity index is 844. The van der Waals surface area contributed by atoms with Gasteiger partial charge in [-0.05, 0) is 24.6 Å². The Kier molecular flexibility index (Phi) is 6.04. The minimum absolute atomic E-state index is 0.00944. The number of thiazole rings is 1. The summed E-state index contributed by atoms with van der Waals surface area (Å²) in [6.07, 6.45) is 1.39. The number of aliphatic hydroxyl groups is 2. The van der Waals surface area contributed by atoms with E-state index in [4.69, 9.17) is 4.74 Å². The maximum Gasteiger partial charge on any atom is 0.230 e. The van der Waals surface area contributed by atoms with Gasteiger partial charge in [0.2, 0.25) is 10.8 Å². The summed E-state index contributed by atoms with van der Waals surface area (Å²) < 4.78 is 6.98. The van der Waals surface area contributed by atoms with Crippen LogP contribution in [0.5, 0.6) is 11.6 Å². The quantitative estimate of drug-likeness (QED) is 0.515. The number of nitrogens with zero attached hydrogens (tertiary/aromatic N) is 4. The van der Waals surface area contributed by atoms with Crippen molar-refractivity contribution in [2.75, 3.05) is 32.9 Å². The molecule has 9 heteroatoms. The predicted molar refractivity (Wildman–Crippen MR) is 97.7 cm³/mol. The minimum Gasteiger partial charge on any atom is -0.494 e. The molecule has 1 aromatic carbocycles. The van der Waals surface area contributed by atoms with Gasteiger partial charge < -0.3 is 20.1 Å². The van der Waals surface area contributed by atoms with Crippen molar-refractivity contribution in [3.63, 3.8) is 0 Å². The summed E-state index contributed by atoms with van der Waals surface area (Å²) in [7, 11) is 0. The number of aromatic hydroxyl groups is 1. The molecular formula is C17H22N4O4S. The van der Waals surface area contributed by atoms with Crippen LogP contribution in [0, 0.1) is 0 Å². The number of benzene rings is 1. The number of hydrogen-bond acceptors (Lipinski definition) is 8. The van der Waals surface area contributed by atoms with Crippen LogP contribution in [0.2, 0.25) is 0 Å². The van der Waals surface area contributed by atoms with Gasteiger partial charge in [0.15, 0.2) is 0 Å². The third-order valence-electron chi connectivity index (χ3n) is 4.01. The van der Waals surface area contributed by atoms with Crippen LogP contribution in [0.3, 0.4) is 0 Å². The topological polar surface area (TPSA) is 103 Å². The van der Waals surface area contributed by atoms with Crippen molar-refractivity contribution in [3.05, 3.63) is 41.0 Å². The molecule has 1 atom stereocenters. The standard InChI is InChI=1S/C17H22N4O4S/c1-2-25-13-5-3-4-12(10-13)14(20(6-8-22)7-9-23)15-16(24)21-17(26-15)18-11-19-21/h3-5,10-11,14,22-24H,2,6-9H2,1H3. The Morgan fingerprint density at radius 1 is 1.27 bits per heavy atom. The zero-order chi connectivity index (χ0) is 18.5. The molecule has 0 saturated heterocycles. The van der Waals surface area contributed by atoms with Crippen LogP contribution in [0.15, 0.2) is 30.6 Å². The van der Waals surface area contributed by atoms with Gasteiger partial charge in [0, 0.05) is 13.1 Å². The van der Waals surface area contributed by atoms with Gasteiger partial charge in [-0.15, -0.1) is 0 Å². The first-order chi connectivity index (χ1) is 12.7. The average Bonchev–Trinajstić information content (AvgIpc) is 3.20. The fraction of sp³-hybridized carbons (Fsp3) is 0.412. The lowest BCUT2D eigenvalue weighted by atomic mass is 10.0. The number of ether oxygens (including phenoxy) is 1. The normalized spacial score (nSPS) is 12.8. The van der Waals surface area contributed by atoms with E-state index < -0.39 is 0 Å². The second-order valence-corrected chi connectivity index (χ2v) is 6.64. The third kappa shape index (κ3) is 3.65. The Morgan fingerprint density at radius 3 is 2.69 bits per heavy atom. The van der Waals surface area contributed by atoms with Crippen molar-refractivity contribution in [1.82, 2.24) is 19.5 Å². The molecule has 0 radical (unpaired) electrons. The first-order valence-corrected chi connectivity index (χ1v) is 9.21. The van der Waals surface area contributed by atoms with Crippen molar-refractivity contribution < 1.29 is 20.1 Å². The molecule has 3 aromatic rings. The molecule has 1 unspecified atom stereocenters. The van der Waals surface area contributed by atoms with E-state index in [1.807, 2.05) is 36.1 Å². The van der Waals surface area contributed by atoms with Gasteiger partial charge in [-0.3, -0.25) is 4.90 Å². The lowest BCUT2D eigenvalue weighted by molar-refractivity contribution is 0.136. The van der Waals surface area contributed by atoms with Crippen molar-refractivity contribution in [3.8, 4) is 11.6 Å². The van der Waals surface area contributed by atoms with Crippen molar-refractivity contribution in [2.45, 2.75) is 13.0 Å². The number of aromatic nitrogens is 3. The van der Waals surface area contributed by atoms with Crippen LogP contribution >= 0.6 is 11.3 Å². The van der Waals surface area contributed by atoms with Crippen LogP contribution in [0.1, 0.15) is 23.4 Å². The molecule has 2 heterocycles. The Hall–Kier alpha value is -2.20. The van der Waals surface area contributed by atoms with E-state index in [-0.39, 0.29) is 25.1 Å². The molecule has 0 saturated carbocycles. The summed E-state index contributed by atoms with van der Waals surface area (Å²) in [5.74, 6) is 0.733. The van der Waals surface area contributed by atoms with E-state index in [2.05, 4.69) is 10.1 Å². The maximum atomic E-state index is 10.7. The lowest BCUT2D eigenvalue weighted by Crippen LogP contribution is -2.34. The van der Waals surface area contributed by atoms with Gasteiger partial charge in [-0.25, -0.2) is 4.98 Å². The van der Waals surface area contributed by atoms with Gasteiger partial charge in [-0.2, -0.15) is 9.61 Å². The average molecular weight is 378 g/mol. The zero-order valence-electron chi connectivity index (χ0n) is 14.4. The van der Waals surface area contributed by atoms with Crippen molar-refractivity contribution in [1.29, 1.82) is 0 Å². The Balaban J connectivity index is 2.10. The van der Waals surface area contributed by atoms with Crippen molar-refractivity contribution in [2.24, 2.45) is 0 Å². The van der Waals surface area contributed by atoms with Crippen LogP contribution in [-0.2, 0) is 0 Å². The van der Waals surface area contributed by atoms with E-state index >= 15 is 0 Å². The molecule has 140 valence electrons. The largest absolute Gasteiger partial charge is 0.494 e. The second kappa shape index (κ2) is 8.45. The number of hydrogen-bond donors (Lipinski definition) is 3.